The van der Waals surface area contributed by atoms with Gasteiger partial charge in [0.15, 0.2) is 9.84 Å². The molecule has 0 bridgehead atoms. The zero-order valence-corrected chi connectivity index (χ0v) is 14.3. The first-order valence-corrected chi connectivity index (χ1v) is 9.88. The molecule has 2 aliphatic heterocycles. The Kier molecular flexibility index (Phi) is 4.62. The van der Waals surface area contributed by atoms with Gasteiger partial charge in [0.05, 0.1) is 10.6 Å². The maximum Gasteiger partial charge on any atom is 0.223 e. The first kappa shape index (κ1) is 17.0. The average Bonchev–Trinajstić information content (AvgIpc) is 2.95. The summed E-state index contributed by atoms with van der Waals surface area (Å²) >= 11 is 0. The van der Waals surface area contributed by atoms with E-state index < -0.39 is 9.84 Å². The number of carbonyl (C=O) groups is 2. The number of hydrogen-bond donors (Lipinski definition) is 1. The number of carbonyl (C=O) groups excluding carboxylic acids is 2. The van der Waals surface area contributed by atoms with Gasteiger partial charge >= 0.3 is 0 Å². The topological polar surface area (TPSA) is 83.6 Å². The largest absolute Gasteiger partial charge is 0.356 e. The van der Waals surface area contributed by atoms with Gasteiger partial charge in [-0.05, 0) is 30.4 Å². The molecule has 0 saturated carbocycles. The van der Waals surface area contributed by atoms with Crippen LogP contribution in [0.1, 0.15) is 25.7 Å². The van der Waals surface area contributed by atoms with E-state index in [4.69, 9.17) is 0 Å². The van der Waals surface area contributed by atoms with E-state index in [9.17, 15) is 18.0 Å². The molecule has 1 N–H and O–H groups in total. The molecule has 24 heavy (non-hydrogen) atoms. The molecule has 0 radical (unpaired) electrons. The Bertz CT molecular complexity index is 722. The van der Waals surface area contributed by atoms with Gasteiger partial charge in [-0.25, -0.2) is 8.42 Å². The summed E-state index contributed by atoms with van der Waals surface area (Å²) in [7, 11) is -3.43. The van der Waals surface area contributed by atoms with E-state index in [0.29, 0.717) is 26.1 Å². The van der Waals surface area contributed by atoms with Gasteiger partial charge in [-0.15, -0.1) is 0 Å². The highest BCUT2D eigenvalue weighted by Crippen LogP contribution is 2.37. The van der Waals surface area contributed by atoms with Crippen molar-refractivity contribution in [2.75, 3.05) is 25.4 Å². The molecular formula is C17H22N2O4S. The fraction of sp³-hybridized carbons (Fsp3) is 0.529. The zero-order valence-electron chi connectivity index (χ0n) is 13.5. The van der Waals surface area contributed by atoms with Crippen LogP contribution in [0.4, 0.5) is 0 Å². The summed E-state index contributed by atoms with van der Waals surface area (Å²) in [6.07, 6.45) is 2.13. The molecule has 0 aliphatic carbocycles. The molecule has 0 aromatic heterocycles. The van der Waals surface area contributed by atoms with Gasteiger partial charge in [0.1, 0.15) is 0 Å². The van der Waals surface area contributed by atoms with Crippen molar-refractivity contribution >= 4 is 21.7 Å². The molecule has 1 spiro atoms. The lowest BCUT2D eigenvalue weighted by atomic mass is 9.77. The smallest absolute Gasteiger partial charge is 0.223 e. The number of nitrogens with one attached hydrogen (secondary N) is 1. The number of piperidine rings is 1. The average molecular weight is 350 g/mol. The monoisotopic (exact) mass is 350 g/mol. The maximum absolute atomic E-state index is 12.3. The number of rotatable bonds is 4. The van der Waals surface area contributed by atoms with Gasteiger partial charge in [0.25, 0.3) is 0 Å². The van der Waals surface area contributed by atoms with E-state index in [-0.39, 0.29) is 34.3 Å². The Labute approximate surface area is 142 Å². The maximum atomic E-state index is 12.3. The quantitative estimate of drug-likeness (QED) is 0.877. The summed E-state index contributed by atoms with van der Waals surface area (Å²) in [5.74, 6) is -0.206. The van der Waals surface area contributed by atoms with Crippen LogP contribution in [-0.4, -0.2) is 50.5 Å². The van der Waals surface area contributed by atoms with E-state index in [2.05, 4.69) is 5.32 Å². The summed E-state index contributed by atoms with van der Waals surface area (Å²) in [4.78, 5) is 25.7. The minimum absolute atomic E-state index is 0.00140. The lowest BCUT2D eigenvalue weighted by Crippen LogP contribution is -2.44. The summed E-state index contributed by atoms with van der Waals surface area (Å²) < 4.78 is 24.5. The summed E-state index contributed by atoms with van der Waals surface area (Å²) in [5, 5.41) is 2.87. The Hall–Kier alpha value is -1.89. The van der Waals surface area contributed by atoms with Crippen LogP contribution in [0.2, 0.25) is 0 Å². The van der Waals surface area contributed by atoms with Gasteiger partial charge in [-0.2, -0.15) is 0 Å². The molecule has 2 aliphatic rings. The number of hydrogen-bond acceptors (Lipinski definition) is 4. The number of nitrogens with zero attached hydrogens (tertiary/aromatic N) is 1. The van der Waals surface area contributed by atoms with Crippen molar-refractivity contribution in [3.63, 3.8) is 0 Å². The van der Waals surface area contributed by atoms with E-state index in [1.165, 1.54) is 0 Å². The highest BCUT2D eigenvalue weighted by molar-refractivity contribution is 7.91. The number of amides is 2. The van der Waals surface area contributed by atoms with Gasteiger partial charge < -0.3 is 10.2 Å². The SMILES string of the molecule is O=C1CC2(CCN(C(=O)CCS(=O)(=O)c3ccccc3)CC2)CN1. The van der Waals surface area contributed by atoms with Crippen molar-refractivity contribution in [1.29, 1.82) is 0 Å². The highest BCUT2D eigenvalue weighted by atomic mass is 32.2. The fourth-order valence-corrected chi connectivity index (χ4v) is 4.71. The van der Waals surface area contributed by atoms with Crippen LogP contribution in [0.25, 0.3) is 0 Å². The molecule has 130 valence electrons. The Morgan fingerprint density at radius 1 is 1.17 bits per heavy atom. The van der Waals surface area contributed by atoms with Crippen molar-refractivity contribution in [1.82, 2.24) is 10.2 Å². The van der Waals surface area contributed by atoms with Crippen molar-refractivity contribution in [2.24, 2.45) is 5.41 Å². The molecule has 0 atom stereocenters. The molecule has 3 rings (SSSR count). The second-order valence-electron chi connectivity index (χ2n) is 6.72. The lowest BCUT2D eigenvalue weighted by Gasteiger charge is -2.38. The summed E-state index contributed by atoms with van der Waals surface area (Å²) in [6.45, 7) is 1.88. The molecular weight excluding hydrogens is 328 g/mol. The third kappa shape index (κ3) is 3.61. The van der Waals surface area contributed by atoms with E-state index >= 15 is 0 Å². The molecule has 1 aromatic rings. The Morgan fingerprint density at radius 2 is 1.83 bits per heavy atom. The van der Waals surface area contributed by atoms with Crippen LogP contribution < -0.4 is 5.32 Å². The molecule has 1 aromatic carbocycles. The third-order valence-corrected chi connectivity index (χ3v) is 6.79. The van der Waals surface area contributed by atoms with Crippen molar-refractivity contribution < 1.29 is 18.0 Å². The first-order chi connectivity index (χ1) is 11.4. The Morgan fingerprint density at radius 3 is 2.42 bits per heavy atom. The predicted octanol–water partition coefficient (Wildman–Crippen LogP) is 0.979. The summed E-state index contributed by atoms with van der Waals surface area (Å²) in [6, 6.07) is 8.21. The third-order valence-electron chi connectivity index (χ3n) is 5.06. The van der Waals surface area contributed by atoms with Crippen LogP contribution >= 0.6 is 0 Å². The molecule has 0 unspecified atom stereocenters. The predicted molar refractivity (Wildman–Crippen MR) is 89.0 cm³/mol. The highest BCUT2D eigenvalue weighted by Gasteiger charge is 2.41. The normalized spacial score (nSPS) is 20.2. The zero-order chi connectivity index (χ0) is 17.2. The molecule has 2 amide bonds. The van der Waals surface area contributed by atoms with Crippen LogP contribution in [-0.2, 0) is 19.4 Å². The van der Waals surface area contributed by atoms with Gasteiger partial charge in [-0.1, -0.05) is 18.2 Å². The first-order valence-electron chi connectivity index (χ1n) is 8.23. The fourth-order valence-electron chi connectivity index (χ4n) is 3.46. The van der Waals surface area contributed by atoms with Crippen molar-refractivity contribution in [3.05, 3.63) is 30.3 Å². The van der Waals surface area contributed by atoms with Crippen LogP contribution in [0.3, 0.4) is 0 Å². The molecule has 6 nitrogen and oxygen atoms in total. The van der Waals surface area contributed by atoms with Gasteiger partial charge in [-0.3, -0.25) is 9.59 Å². The lowest BCUT2D eigenvalue weighted by molar-refractivity contribution is -0.133. The molecule has 2 heterocycles. The van der Waals surface area contributed by atoms with Crippen molar-refractivity contribution in [3.8, 4) is 0 Å². The second-order valence-corrected chi connectivity index (χ2v) is 8.83. The molecule has 2 saturated heterocycles. The van der Waals surface area contributed by atoms with Crippen molar-refractivity contribution in [2.45, 2.75) is 30.6 Å². The van der Waals surface area contributed by atoms with E-state index in [0.717, 1.165) is 12.8 Å². The number of benzene rings is 1. The van der Waals surface area contributed by atoms with Gasteiger partial charge in [0, 0.05) is 32.5 Å². The standard InChI is InChI=1S/C17H22N2O4S/c20-15-12-17(13-18-15)7-9-19(10-8-17)16(21)6-11-24(22,23)14-4-2-1-3-5-14/h1-5H,6-13H2,(H,18,20). The second kappa shape index (κ2) is 6.55. The minimum Gasteiger partial charge on any atom is -0.356 e. The number of likely N-dealkylation sites (tertiary alicyclic amines) is 1. The molecule has 7 heteroatoms. The van der Waals surface area contributed by atoms with Gasteiger partial charge in [0.2, 0.25) is 11.8 Å². The van der Waals surface area contributed by atoms with Crippen LogP contribution in [0, 0.1) is 5.41 Å². The van der Waals surface area contributed by atoms with E-state index in [1.54, 1.807) is 35.2 Å². The van der Waals surface area contributed by atoms with Crippen LogP contribution in [0.15, 0.2) is 35.2 Å². The van der Waals surface area contributed by atoms with Crippen LogP contribution in [0.5, 0.6) is 0 Å². The van der Waals surface area contributed by atoms with E-state index in [1.807, 2.05) is 0 Å². The Balaban J connectivity index is 1.52. The minimum atomic E-state index is -3.43. The summed E-state index contributed by atoms with van der Waals surface area (Å²) in [5.41, 5.74) is -0.00994. The number of sulfone groups is 1. The molecule has 2 fully saturated rings.